The first kappa shape index (κ1) is 22.4. The van der Waals surface area contributed by atoms with Gasteiger partial charge in [-0.05, 0) is 32.9 Å². The number of thiazole rings is 1. The van der Waals surface area contributed by atoms with Crippen molar-refractivity contribution in [2.24, 2.45) is 5.92 Å². The Morgan fingerprint density at radius 2 is 2.13 bits per heavy atom. The molecule has 0 bridgehead atoms. The molecule has 0 aliphatic carbocycles. The summed E-state index contributed by atoms with van der Waals surface area (Å²) in [7, 11) is 0. The molecule has 1 aromatic heterocycles. The van der Waals surface area contributed by atoms with E-state index in [1.165, 1.54) is 0 Å². The number of aromatic nitrogens is 1. The van der Waals surface area contributed by atoms with Gasteiger partial charge >= 0.3 is 6.09 Å². The topological polar surface area (TPSA) is 80.8 Å². The molecule has 0 unspecified atom stereocenters. The first-order chi connectivity index (χ1) is 14.2. The monoisotopic (exact) mass is 431 g/mol. The lowest BCUT2D eigenvalue weighted by molar-refractivity contribution is -0.0330. The molecule has 1 fully saturated rings. The Morgan fingerprint density at radius 1 is 1.37 bits per heavy atom. The molecule has 1 N–H and O–H groups in total. The zero-order valence-corrected chi connectivity index (χ0v) is 18.7. The molecule has 0 radical (unpaired) electrons. The summed E-state index contributed by atoms with van der Waals surface area (Å²) >= 11 is 1.58. The summed E-state index contributed by atoms with van der Waals surface area (Å²) in [6.45, 7) is 10.0. The fourth-order valence-corrected chi connectivity index (χ4v) is 4.04. The van der Waals surface area contributed by atoms with Crippen molar-refractivity contribution in [3.8, 4) is 0 Å². The van der Waals surface area contributed by atoms with E-state index in [0.717, 1.165) is 11.6 Å². The number of morpholine rings is 1. The van der Waals surface area contributed by atoms with Crippen LogP contribution in [0.5, 0.6) is 0 Å². The lowest BCUT2D eigenvalue weighted by atomic mass is 9.97. The lowest BCUT2D eigenvalue weighted by Crippen LogP contribution is -2.41. The maximum atomic E-state index is 13.2. The van der Waals surface area contributed by atoms with E-state index in [2.05, 4.69) is 15.2 Å². The Hall–Kier alpha value is -2.29. The van der Waals surface area contributed by atoms with Crippen LogP contribution in [0.2, 0.25) is 0 Å². The van der Waals surface area contributed by atoms with Gasteiger partial charge in [0.25, 0.3) is 0 Å². The average Bonchev–Trinajstić information content (AvgIpc) is 3.21. The van der Waals surface area contributed by atoms with E-state index in [-0.39, 0.29) is 17.8 Å². The minimum atomic E-state index is -0.610. The molecule has 2 aromatic rings. The van der Waals surface area contributed by atoms with Crippen LogP contribution >= 0.6 is 11.3 Å². The van der Waals surface area contributed by atoms with E-state index in [4.69, 9.17) is 9.47 Å². The quantitative estimate of drug-likeness (QED) is 0.684. The van der Waals surface area contributed by atoms with E-state index >= 15 is 0 Å². The predicted molar refractivity (Wildman–Crippen MR) is 117 cm³/mol. The number of hydrogen-bond acceptors (Lipinski definition) is 7. The summed E-state index contributed by atoms with van der Waals surface area (Å²) in [5.41, 5.74) is 0.340. The van der Waals surface area contributed by atoms with Crippen LogP contribution in [0.3, 0.4) is 0 Å². The van der Waals surface area contributed by atoms with E-state index in [1.54, 1.807) is 62.6 Å². The maximum absolute atomic E-state index is 13.2. The molecule has 0 saturated carbocycles. The second-order valence-corrected chi connectivity index (χ2v) is 9.35. The van der Waals surface area contributed by atoms with Crippen molar-refractivity contribution >= 4 is 28.9 Å². The van der Waals surface area contributed by atoms with Crippen molar-refractivity contribution in [1.29, 1.82) is 0 Å². The predicted octanol–water partition coefficient (Wildman–Crippen LogP) is 4.38. The Kier molecular flexibility index (Phi) is 7.23. The number of Topliss-reactive ketones (excluding diaryl/α,β-unsaturated/α-hetero) is 1. The summed E-state index contributed by atoms with van der Waals surface area (Å²) in [6, 6.07) is 7.04. The highest BCUT2D eigenvalue weighted by Gasteiger charge is 2.28. The van der Waals surface area contributed by atoms with Gasteiger partial charge in [0.05, 0.1) is 12.3 Å². The van der Waals surface area contributed by atoms with Crippen molar-refractivity contribution in [3.05, 3.63) is 46.4 Å². The third-order valence-corrected chi connectivity index (χ3v) is 5.55. The summed E-state index contributed by atoms with van der Waals surface area (Å²) < 4.78 is 11.2. The zero-order valence-electron chi connectivity index (χ0n) is 17.9. The Balaban J connectivity index is 1.64. The van der Waals surface area contributed by atoms with Crippen LogP contribution in [0, 0.1) is 5.92 Å². The van der Waals surface area contributed by atoms with Crippen LogP contribution in [0.1, 0.15) is 49.2 Å². The number of nitrogens with one attached hydrogen (secondary N) is 1. The Bertz CT molecular complexity index is 864. The summed E-state index contributed by atoms with van der Waals surface area (Å²) in [6.07, 6.45) is 1.15. The minimum Gasteiger partial charge on any atom is -0.444 e. The zero-order chi connectivity index (χ0) is 21.7. The van der Waals surface area contributed by atoms with Crippen molar-refractivity contribution in [1.82, 2.24) is 9.88 Å². The molecule has 0 spiro atoms. The molecule has 162 valence electrons. The molecule has 1 aliphatic rings. The smallest absolute Gasteiger partial charge is 0.412 e. The fourth-order valence-electron chi connectivity index (χ4n) is 3.37. The van der Waals surface area contributed by atoms with E-state index in [9.17, 15) is 9.59 Å². The van der Waals surface area contributed by atoms with Gasteiger partial charge in [-0.15, -0.1) is 11.3 Å². The number of ketones is 1. The van der Waals surface area contributed by atoms with Gasteiger partial charge in [0, 0.05) is 42.7 Å². The molecule has 7 nitrogen and oxygen atoms in total. The molecule has 2 atom stereocenters. The number of nitrogens with zero attached hydrogens (tertiary/aromatic N) is 2. The number of hydrogen-bond donors (Lipinski definition) is 1. The standard InChI is InChI=1S/C22H29N3O4S/c1-15(13-25-10-11-28-18(14-25)20-23-9-12-30-20)19(26)16-7-5-6-8-17(16)24-21(27)29-22(2,3)4/h5-9,12,15,18H,10-11,13-14H2,1-4H3,(H,24,27)/t15-,18-/m0/s1. The third kappa shape index (κ3) is 6.10. The van der Waals surface area contributed by atoms with Gasteiger partial charge in [0.15, 0.2) is 5.78 Å². The lowest BCUT2D eigenvalue weighted by Gasteiger charge is -2.33. The second kappa shape index (κ2) is 9.68. The van der Waals surface area contributed by atoms with E-state index < -0.39 is 11.7 Å². The number of carbonyl (C=O) groups is 2. The highest BCUT2D eigenvalue weighted by molar-refractivity contribution is 7.09. The van der Waals surface area contributed by atoms with Gasteiger partial charge < -0.3 is 9.47 Å². The van der Waals surface area contributed by atoms with E-state index in [0.29, 0.717) is 30.9 Å². The number of amides is 1. The van der Waals surface area contributed by atoms with Crippen LogP contribution in [-0.4, -0.2) is 53.6 Å². The van der Waals surface area contributed by atoms with Crippen LogP contribution in [0.25, 0.3) is 0 Å². The first-order valence-electron chi connectivity index (χ1n) is 10.1. The van der Waals surface area contributed by atoms with Gasteiger partial charge in [0.2, 0.25) is 0 Å². The van der Waals surface area contributed by atoms with Gasteiger partial charge in [-0.2, -0.15) is 0 Å². The number of carbonyl (C=O) groups excluding carboxylic acids is 2. The van der Waals surface area contributed by atoms with E-state index in [1.807, 2.05) is 12.3 Å². The van der Waals surface area contributed by atoms with Crippen molar-refractivity contribution in [2.45, 2.75) is 39.4 Å². The molecular weight excluding hydrogens is 402 g/mol. The molecule has 1 aromatic carbocycles. The molecule has 8 heteroatoms. The minimum absolute atomic E-state index is 0.0149. The van der Waals surface area contributed by atoms with Crippen LogP contribution in [0.15, 0.2) is 35.8 Å². The molecule has 3 rings (SSSR count). The molecule has 2 heterocycles. The molecule has 1 amide bonds. The largest absolute Gasteiger partial charge is 0.444 e. The first-order valence-corrected chi connectivity index (χ1v) is 11.0. The highest BCUT2D eigenvalue weighted by atomic mass is 32.1. The van der Waals surface area contributed by atoms with Gasteiger partial charge in [-0.3, -0.25) is 15.0 Å². The van der Waals surface area contributed by atoms with Crippen LogP contribution in [0.4, 0.5) is 10.5 Å². The fraction of sp³-hybridized carbons (Fsp3) is 0.500. The van der Waals surface area contributed by atoms with Gasteiger partial charge in [-0.1, -0.05) is 19.1 Å². The third-order valence-electron chi connectivity index (χ3n) is 4.69. The summed E-state index contributed by atoms with van der Waals surface area (Å²) in [4.78, 5) is 31.9. The Labute approximate surface area is 181 Å². The van der Waals surface area contributed by atoms with Crippen LogP contribution < -0.4 is 5.32 Å². The van der Waals surface area contributed by atoms with Crippen molar-refractivity contribution in [2.75, 3.05) is 31.6 Å². The SMILES string of the molecule is C[C@@H](CN1CCO[C@H](c2nccs2)C1)C(=O)c1ccccc1NC(=O)OC(C)(C)C. The van der Waals surface area contributed by atoms with Crippen molar-refractivity contribution < 1.29 is 19.1 Å². The summed E-state index contributed by atoms with van der Waals surface area (Å²) in [5.74, 6) is -0.249. The molecule has 1 saturated heterocycles. The Morgan fingerprint density at radius 3 is 2.83 bits per heavy atom. The average molecular weight is 432 g/mol. The molecule has 1 aliphatic heterocycles. The number of benzene rings is 1. The number of ether oxygens (including phenoxy) is 2. The van der Waals surface area contributed by atoms with Gasteiger partial charge in [-0.25, -0.2) is 9.78 Å². The van der Waals surface area contributed by atoms with Gasteiger partial charge in [0.1, 0.15) is 16.7 Å². The maximum Gasteiger partial charge on any atom is 0.412 e. The summed E-state index contributed by atoms with van der Waals surface area (Å²) in [5, 5.41) is 5.62. The number of anilines is 1. The number of para-hydroxylation sites is 1. The van der Waals surface area contributed by atoms with Crippen LogP contribution in [-0.2, 0) is 9.47 Å². The van der Waals surface area contributed by atoms with Crippen molar-refractivity contribution in [3.63, 3.8) is 0 Å². The highest BCUT2D eigenvalue weighted by Crippen LogP contribution is 2.26. The molecular formula is C22H29N3O4S. The molecule has 30 heavy (non-hydrogen) atoms. The number of rotatable bonds is 6. The normalized spacial score (nSPS) is 18.6. The second-order valence-electron chi connectivity index (χ2n) is 8.43.